The van der Waals surface area contributed by atoms with Crippen molar-refractivity contribution in [2.45, 2.75) is 13.8 Å². The van der Waals surface area contributed by atoms with Crippen LogP contribution in [0.4, 0.5) is 5.69 Å². The molecule has 0 aliphatic carbocycles. The van der Waals surface area contributed by atoms with Crippen LogP contribution >= 0.6 is 15.9 Å². The van der Waals surface area contributed by atoms with Gasteiger partial charge in [0, 0.05) is 10.5 Å². The van der Waals surface area contributed by atoms with E-state index in [2.05, 4.69) is 15.9 Å². The van der Waals surface area contributed by atoms with Crippen LogP contribution in [0.5, 0.6) is 17.2 Å². The van der Waals surface area contributed by atoms with E-state index in [9.17, 15) is 0 Å². The minimum Gasteiger partial charge on any atom is -0.494 e. The van der Waals surface area contributed by atoms with Crippen molar-refractivity contribution in [3.63, 3.8) is 0 Å². The van der Waals surface area contributed by atoms with Crippen LogP contribution < -0.4 is 15.2 Å². The smallest absolute Gasteiger partial charge is 0.145 e. The fraction of sp³-hybridized carbons (Fsp3) is 0.200. The Morgan fingerprint density at radius 1 is 1.00 bits per heavy atom. The van der Waals surface area contributed by atoms with Gasteiger partial charge in [-0.3, -0.25) is 0 Å². The molecule has 19 heavy (non-hydrogen) atoms. The summed E-state index contributed by atoms with van der Waals surface area (Å²) in [6, 6.07) is 9.35. The van der Waals surface area contributed by atoms with E-state index in [0.29, 0.717) is 17.2 Å². The van der Waals surface area contributed by atoms with Gasteiger partial charge in [-0.1, -0.05) is 15.9 Å². The molecule has 2 rings (SSSR count). The third kappa shape index (κ3) is 3.01. The number of ether oxygens (including phenoxy) is 2. The summed E-state index contributed by atoms with van der Waals surface area (Å²) in [4.78, 5) is 0. The van der Waals surface area contributed by atoms with Crippen LogP contribution in [0.3, 0.4) is 0 Å². The SMILES string of the molecule is COc1cc(Oc2cc(C)c(Br)c(C)c2)ccc1N. The topological polar surface area (TPSA) is 44.5 Å². The maximum Gasteiger partial charge on any atom is 0.145 e. The standard InChI is InChI=1S/C15H16BrNO2/c1-9-6-12(7-10(2)15(9)16)19-11-4-5-13(17)14(8-11)18-3/h4-8H,17H2,1-3H3. The molecule has 0 saturated heterocycles. The molecular weight excluding hydrogens is 306 g/mol. The first kappa shape index (κ1) is 13.7. The van der Waals surface area contributed by atoms with Gasteiger partial charge in [0.2, 0.25) is 0 Å². The molecule has 2 aromatic rings. The van der Waals surface area contributed by atoms with Crippen molar-refractivity contribution >= 4 is 21.6 Å². The highest BCUT2D eigenvalue weighted by Crippen LogP contribution is 2.32. The first-order chi connectivity index (χ1) is 9.01. The molecule has 0 fully saturated rings. The molecule has 0 bridgehead atoms. The van der Waals surface area contributed by atoms with Gasteiger partial charge in [0.1, 0.15) is 17.2 Å². The zero-order valence-corrected chi connectivity index (χ0v) is 12.7. The van der Waals surface area contributed by atoms with Gasteiger partial charge in [-0.15, -0.1) is 0 Å². The van der Waals surface area contributed by atoms with Crippen LogP contribution in [-0.4, -0.2) is 7.11 Å². The lowest BCUT2D eigenvalue weighted by molar-refractivity contribution is 0.411. The lowest BCUT2D eigenvalue weighted by Crippen LogP contribution is -1.93. The molecule has 0 unspecified atom stereocenters. The number of hydrogen-bond acceptors (Lipinski definition) is 3. The molecule has 0 amide bonds. The van der Waals surface area contributed by atoms with Gasteiger partial charge in [-0.25, -0.2) is 0 Å². The van der Waals surface area contributed by atoms with Crippen LogP contribution in [0.1, 0.15) is 11.1 Å². The Morgan fingerprint density at radius 2 is 1.63 bits per heavy atom. The molecule has 0 heterocycles. The lowest BCUT2D eigenvalue weighted by Gasteiger charge is -2.11. The molecule has 0 spiro atoms. The van der Waals surface area contributed by atoms with Crippen molar-refractivity contribution in [3.8, 4) is 17.2 Å². The number of anilines is 1. The minimum atomic E-state index is 0.595. The Hall–Kier alpha value is -1.68. The predicted octanol–water partition coefficient (Wildman–Crippen LogP) is 4.45. The number of hydrogen-bond donors (Lipinski definition) is 1. The summed E-state index contributed by atoms with van der Waals surface area (Å²) in [5.74, 6) is 2.11. The Kier molecular flexibility index (Phi) is 4.00. The van der Waals surface area contributed by atoms with E-state index in [1.54, 1.807) is 19.2 Å². The Morgan fingerprint density at radius 3 is 2.21 bits per heavy atom. The number of nitrogen functional groups attached to an aromatic ring is 1. The third-order valence-electron chi connectivity index (χ3n) is 2.85. The average molecular weight is 322 g/mol. The van der Waals surface area contributed by atoms with Gasteiger partial charge in [0.15, 0.2) is 0 Å². The maximum atomic E-state index is 5.84. The second-order valence-corrected chi connectivity index (χ2v) is 5.17. The first-order valence-electron chi connectivity index (χ1n) is 5.89. The summed E-state index contributed by atoms with van der Waals surface area (Å²) in [6.07, 6.45) is 0. The number of rotatable bonds is 3. The highest BCUT2D eigenvalue weighted by molar-refractivity contribution is 9.10. The Bertz CT molecular complexity index is 588. The van der Waals surface area contributed by atoms with E-state index >= 15 is 0 Å². The Balaban J connectivity index is 2.31. The summed E-state index contributed by atoms with van der Waals surface area (Å²) < 4.78 is 12.1. The van der Waals surface area contributed by atoms with Gasteiger partial charge in [-0.05, 0) is 49.2 Å². The van der Waals surface area contributed by atoms with Crippen molar-refractivity contribution < 1.29 is 9.47 Å². The number of halogens is 1. The molecule has 0 aliphatic rings. The number of methoxy groups -OCH3 is 1. The van der Waals surface area contributed by atoms with Gasteiger partial charge in [0.25, 0.3) is 0 Å². The molecule has 0 saturated carbocycles. The van der Waals surface area contributed by atoms with E-state index in [0.717, 1.165) is 21.3 Å². The summed E-state index contributed by atoms with van der Waals surface area (Å²) in [5, 5.41) is 0. The van der Waals surface area contributed by atoms with Crippen LogP contribution in [-0.2, 0) is 0 Å². The number of aryl methyl sites for hydroxylation is 2. The maximum absolute atomic E-state index is 5.84. The van der Waals surface area contributed by atoms with Crippen LogP contribution in [0, 0.1) is 13.8 Å². The molecule has 0 radical (unpaired) electrons. The Labute approximate surface area is 121 Å². The fourth-order valence-corrected chi connectivity index (χ4v) is 2.09. The van der Waals surface area contributed by atoms with E-state index in [1.165, 1.54) is 0 Å². The van der Waals surface area contributed by atoms with Crippen molar-refractivity contribution in [2.75, 3.05) is 12.8 Å². The van der Waals surface area contributed by atoms with Crippen molar-refractivity contribution in [1.82, 2.24) is 0 Å². The average Bonchev–Trinajstić information content (AvgIpc) is 2.38. The first-order valence-corrected chi connectivity index (χ1v) is 6.68. The molecule has 2 aromatic carbocycles. The molecule has 4 heteroatoms. The van der Waals surface area contributed by atoms with Gasteiger partial charge < -0.3 is 15.2 Å². The summed E-state index contributed by atoms with van der Waals surface area (Å²) >= 11 is 3.54. The van der Waals surface area contributed by atoms with E-state index < -0.39 is 0 Å². The highest BCUT2D eigenvalue weighted by Gasteiger charge is 2.06. The zero-order valence-electron chi connectivity index (χ0n) is 11.2. The molecule has 100 valence electrons. The van der Waals surface area contributed by atoms with Gasteiger partial charge >= 0.3 is 0 Å². The normalized spacial score (nSPS) is 10.3. The van der Waals surface area contributed by atoms with Crippen LogP contribution in [0.2, 0.25) is 0 Å². The summed E-state index contributed by atoms with van der Waals surface area (Å²) in [5.41, 5.74) is 8.64. The van der Waals surface area contributed by atoms with Crippen molar-refractivity contribution in [2.24, 2.45) is 0 Å². The van der Waals surface area contributed by atoms with Crippen LogP contribution in [0.25, 0.3) is 0 Å². The molecular formula is C15H16BrNO2. The zero-order chi connectivity index (χ0) is 14.0. The summed E-state index contributed by atoms with van der Waals surface area (Å²) in [6.45, 7) is 4.07. The third-order valence-corrected chi connectivity index (χ3v) is 4.10. The number of nitrogens with two attached hydrogens (primary N) is 1. The predicted molar refractivity (Wildman–Crippen MR) is 81.1 cm³/mol. The molecule has 3 nitrogen and oxygen atoms in total. The number of benzene rings is 2. The van der Waals surface area contributed by atoms with Crippen molar-refractivity contribution in [3.05, 3.63) is 45.9 Å². The second-order valence-electron chi connectivity index (χ2n) is 4.38. The van der Waals surface area contributed by atoms with Gasteiger partial charge in [-0.2, -0.15) is 0 Å². The molecule has 0 atom stereocenters. The van der Waals surface area contributed by atoms with E-state index in [1.807, 2.05) is 32.0 Å². The molecule has 0 aromatic heterocycles. The van der Waals surface area contributed by atoms with Crippen molar-refractivity contribution in [1.29, 1.82) is 0 Å². The van der Waals surface area contributed by atoms with E-state index in [4.69, 9.17) is 15.2 Å². The quantitative estimate of drug-likeness (QED) is 0.849. The van der Waals surface area contributed by atoms with Gasteiger partial charge in [0.05, 0.1) is 12.8 Å². The monoisotopic (exact) mass is 321 g/mol. The summed E-state index contributed by atoms with van der Waals surface area (Å²) in [7, 11) is 1.59. The molecule has 2 N–H and O–H groups in total. The minimum absolute atomic E-state index is 0.595. The second kappa shape index (κ2) is 5.53. The fourth-order valence-electron chi connectivity index (χ4n) is 1.86. The highest BCUT2D eigenvalue weighted by atomic mass is 79.9. The molecule has 0 aliphatic heterocycles. The largest absolute Gasteiger partial charge is 0.494 e. The lowest BCUT2D eigenvalue weighted by atomic mass is 10.1. The van der Waals surface area contributed by atoms with Crippen LogP contribution in [0.15, 0.2) is 34.8 Å². The van der Waals surface area contributed by atoms with E-state index in [-0.39, 0.29) is 0 Å².